The average molecular weight is 265 g/mol. The fourth-order valence-electron chi connectivity index (χ4n) is 2.82. The first kappa shape index (κ1) is 14.3. The van der Waals surface area contributed by atoms with Crippen molar-refractivity contribution >= 4 is 0 Å². The third-order valence-corrected chi connectivity index (χ3v) is 3.94. The van der Waals surface area contributed by atoms with Gasteiger partial charge in [0.2, 0.25) is 0 Å². The van der Waals surface area contributed by atoms with Gasteiger partial charge in [0.25, 0.3) is 0 Å². The molecular weight excluding hydrogens is 241 g/mol. The Hall–Kier alpha value is -1.09. The summed E-state index contributed by atoms with van der Waals surface area (Å²) in [5.41, 5.74) is 0.640. The van der Waals surface area contributed by atoms with Gasteiger partial charge in [0, 0.05) is 6.04 Å². The first-order valence-electron chi connectivity index (χ1n) is 7.26. The van der Waals surface area contributed by atoms with Crippen LogP contribution in [0.3, 0.4) is 0 Å². The summed E-state index contributed by atoms with van der Waals surface area (Å²) in [6.45, 7) is 7.13. The maximum absolute atomic E-state index is 13.3. The van der Waals surface area contributed by atoms with Gasteiger partial charge in [-0.15, -0.1) is 0 Å². The Morgan fingerprint density at radius 1 is 1.37 bits per heavy atom. The van der Waals surface area contributed by atoms with Crippen molar-refractivity contribution in [2.45, 2.75) is 52.2 Å². The van der Waals surface area contributed by atoms with E-state index in [2.05, 4.69) is 19.2 Å². The van der Waals surface area contributed by atoms with Crippen LogP contribution in [-0.2, 0) is 0 Å². The fraction of sp³-hybridized carbons (Fsp3) is 0.625. The quantitative estimate of drug-likeness (QED) is 0.896. The third kappa shape index (κ3) is 3.69. The van der Waals surface area contributed by atoms with E-state index < -0.39 is 0 Å². The molecule has 0 spiro atoms. The number of halogens is 1. The largest absolute Gasteiger partial charge is 0.489 e. The van der Waals surface area contributed by atoms with Gasteiger partial charge in [0.05, 0.1) is 0 Å². The summed E-state index contributed by atoms with van der Waals surface area (Å²) in [4.78, 5) is 0. The molecule has 1 fully saturated rings. The Morgan fingerprint density at radius 2 is 2.16 bits per heavy atom. The Labute approximate surface area is 115 Å². The van der Waals surface area contributed by atoms with Gasteiger partial charge in [-0.1, -0.05) is 13.8 Å². The molecule has 1 N–H and O–H groups in total. The van der Waals surface area contributed by atoms with Crippen LogP contribution in [0.4, 0.5) is 4.39 Å². The minimum Gasteiger partial charge on any atom is -0.489 e. The molecule has 0 aliphatic heterocycles. The van der Waals surface area contributed by atoms with Gasteiger partial charge >= 0.3 is 0 Å². The Kier molecular flexibility index (Phi) is 4.81. The number of hydrogen-bond acceptors (Lipinski definition) is 2. The zero-order valence-electron chi connectivity index (χ0n) is 12.1. The monoisotopic (exact) mass is 265 g/mol. The van der Waals surface area contributed by atoms with Crippen LogP contribution in [-0.4, -0.2) is 18.7 Å². The summed E-state index contributed by atoms with van der Waals surface area (Å²) in [7, 11) is 0. The van der Waals surface area contributed by atoms with E-state index in [0.717, 1.165) is 25.1 Å². The normalized spacial score (nSPS) is 27.3. The molecule has 106 valence electrons. The van der Waals surface area contributed by atoms with Gasteiger partial charge in [-0.05, 0) is 62.4 Å². The van der Waals surface area contributed by atoms with Crippen LogP contribution in [0.5, 0.6) is 5.75 Å². The van der Waals surface area contributed by atoms with E-state index in [4.69, 9.17) is 4.74 Å². The number of benzene rings is 1. The highest BCUT2D eigenvalue weighted by Crippen LogP contribution is 2.28. The summed E-state index contributed by atoms with van der Waals surface area (Å²) in [5.74, 6) is 1.30. The maximum atomic E-state index is 13.3. The molecule has 1 aromatic carbocycles. The van der Waals surface area contributed by atoms with Crippen LogP contribution in [0.1, 0.15) is 38.7 Å². The molecule has 3 atom stereocenters. The zero-order valence-corrected chi connectivity index (χ0v) is 12.1. The molecule has 0 heterocycles. The number of likely N-dealkylation sites (N-methyl/N-ethyl adjacent to an activating group) is 1. The number of hydrogen-bond donors (Lipinski definition) is 1. The molecule has 19 heavy (non-hydrogen) atoms. The van der Waals surface area contributed by atoms with Crippen LogP contribution in [0.2, 0.25) is 0 Å². The second kappa shape index (κ2) is 6.38. The average Bonchev–Trinajstić information content (AvgIpc) is 2.37. The van der Waals surface area contributed by atoms with Crippen molar-refractivity contribution < 1.29 is 9.13 Å². The fourth-order valence-corrected chi connectivity index (χ4v) is 2.82. The summed E-state index contributed by atoms with van der Waals surface area (Å²) >= 11 is 0. The van der Waals surface area contributed by atoms with E-state index in [-0.39, 0.29) is 11.9 Å². The van der Waals surface area contributed by atoms with E-state index in [0.29, 0.717) is 17.5 Å². The molecule has 0 radical (unpaired) electrons. The molecule has 1 saturated carbocycles. The Bertz CT molecular complexity index is 421. The minimum absolute atomic E-state index is 0.174. The Morgan fingerprint density at radius 3 is 2.84 bits per heavy atom. The van der Waals surface area contributed by atoms with Crippen molar-refractivity contribution in [1.29, 1.82) is 0 Å². The van der Waals surface area contributed by atoms with Crippen molar-refractivity contribution in [3.63, 3.8) is 0 Å². The van der Waals surface area contributed by atoms with E-state index in [1.807, 2.05) is 0 Å². The highest BCUT2D eigenvalue weighted by Gasteiger charge is 2.29. The lowest BCUT2D eigenvalue weighted by Gasteiger charge is -2.35. The molecule has 2 nitrogen and oxygen atoms in total. The van der Waals surface area contributed by atoms with E-state index in [1.165, 1.54) is 12.5 Å². The maximum Gasteiger partial charge on any atom is 0.126 e. The lowest BCUT2D eigenvalue weighted by atomic mass is 9.85. The number of ether oxygens (including phenoxy) is 1. The van der Waals surface area contributed by atoms with Crippen molar-refractivity contribution in [1.82, 2.24) is 5.32 Å². The van der Waals surface area contributed by atoms with Crippen molar-refractivity contribution in [3.05, 3.63) is 29.6 Å². The third-order valence-electron chi connectivity index (χ3n) is 3.94. The van der Waals surface area contributed by atoms with Gasteiger partial charge in [0.1, 0.15) is 17.7 Å². The van der Waals surface area contributed by atoms with Gasteiger partial charge in [-0.3, -0.25) is 0 Å². The molecule has 0 bridgehead atoms. The standard InChI is InChI=1S/C16H24FNO/c1-4-18-15-8-5-11(2)9-16(15)19-13-6-7-14(17)12(3)10-13/h6-7,10-11,15-16,18H,4-5,8-9H2,1-3H3. The lowest BCUT2D eigenvalue weighted by Crippen LogP contribution is -2.46. The molecule has 0 saturated heterocycles. The number of rotatable bonds is 4. The molecule has 1 aromatic rings. The lowest BCUT2D eigenvalue weighted by molar-refractivity contribution is 0.0915. The molecule has 1 aliphatic rings. The second-order valence-electron chi connectivity index (χ2n) is 5.65. The molecule has 2 rings (SSSR count). The van der Waals surface area contributed by atoms with Gasteiger partial charge in [-0.25, -0.2) is 4.39 Å². The van der Waals surface area contributed by atoms with E-state index >= 15 is 0 Å². The first-order chi connectivity index (χ1) is 9.10. The summed E-state index contributed by atoms with van der Waals surface area (Å²) in [6.07, 6.45) is 3.65. The van der Waals surface area contributed by atoms with E-state index in [9.17, 15) is 4.39 Å². The predicted molar refractivity (Wildman–Crippen MR) is 76.0 cm³/mol. The molecule has 0 aromatic heterocycles. The first-order valence-corrected chi connectivity index (χ1v) is 7.26. The van der Waals surface area contributed by atoms with E-state index in [1.54, 1.807) is 19.1 Å². The van der Waals surface area contributed by atoms with Gasteiger partial charge < -0.3 is 10.1 Å². The molecular formula is C16H24FNO. The highest BCUT2D eigenvalue weighted by atomic mass is 19.1. The van der Waals surface area contributed by atoms with Gasteiger partial charge in [0.15, 0.2) is 0 Å². The van der Waals surface area contributed by atoms with Crippen LogP contribution in [0, 0.1) is 18.7 Å². The smallest absolute Gasteiger partial charge is 0.126 e. The topological polar surface area (TPSA) is 21.3 Å². The van der Waals surface area contributed by atoms with Crippen LogP contribution in [0.15, 0.2) is 18.2 Å². The van der Waals surface area contributed by atoms with Crippen LogP contribution >= 0.6 is 0 Å². The zero-order chi connectivity index (χ0) is 13.8. The number of aryl methyl sites for hydroxylation is 1. The second-order valence-corrected chi connectivity index (χ2v) is 5.65. The van der Waals surface area contributed by atoms with Crippen LogP contribution in [0.25, 0.3) is 0 Å². The van der Waals surface area contributed by atoms with Gasteiger partial charge in [-0.2, -0.15) is 0 Å². The minimum atomic E-state index is -0.174. The van der Waals surface area contributed by atoms with Crippen molar-refractivity contribution in [2.75, 3.05) is 6.54 Å². The van der Waals surface area contributed by atoms with Crippen molar-refractivity contribution in [2.24, 2.45) is 5.92 Å². The predicted octanol–water partition coefficient (Wildman–Crippen LogP) is 3.68. The molecule has 3 heteroatoms. The summed E-state index contributed by atoms with van der Waals surface area (Å²) < 4.78 is 19.4. The van der Waals surface area contributed by atoms with Crippen molar-refractivity contribution in [3.8, 4) is 5.75 Å². The number of nitrogens with one attached hydrogen (secondary N) is 1. The molecule has 3 unspecified atom stereocenters. The SMILES string of the molecule is CCNC1CCC(C)CC1Oc1ccc(F)c(C)c1. The summed E-state index contributed by atoms with van der Waals surface area (Å²) in [6, 6.07) is 5.41. The van der Waals surface area contributed by atoms with Crippen LogP contribution < -0.4 is 10.1 Å². The Balaban J connectivity index is 2.07. The molecule has 0 amide bonds. The molecule has 1 aliphatic carbocycles. The summed E-state index contributed by atoms with van der Waals surface area (Å²) in [5, 5.41) is 3.50. The highest BCUT2D eigenvalue weighted by molar-refractivity contribution is 5.29.